The fourth-order valence-corrected chi connectivity index (χ4v) is 6.55. The monoisotopic (exact) mass is 670 g/mol. The second kappa shape index (κ2) is 16.3. The number of carbonyl (C=O) groups excluding carboxylic acids is 1. The zero-order chi connectivity index (χ0) is 35.0. The van der Waals surface area contributed by atoms with E-state index in [1.165, 1.54) is 22.4 Å². The molecule has 50 heavy (non-hydrogen) atoms. The Labute approximate surface area is 295 Å². The van der Waals surface area contributed by atoms with Gasteiger partial charge in [-0.25, -0.2) is 4.79 Å². The smallest absolute Gasteiger partial charge is 0.407 e. The van der Waals surface area contributed by atoms with Crippen LogP contribution in [-0.2, 0) is 27.4 Å². The van der Waals surface area contributed by atoms with E-state index in [2.05, 4.69) is 129 Å². The molecular formula is C43H46N2O5. The van der Waals surface area contributed by atoms with Gasteiger partial charge in [-0.05, 0) is 70.3 Å². The van der Waals surface area contributed by atoms with E-state index in [0.717, 1.165) is 39.9 Å². The van der Waals surface area contributed by atoms with Crippen LogP contribution in [0, 0.1) is 5.92 Å². The summed E-state index contributed by atoms with van der Waals surface area (Å²) in [6.45, 7) is 9.27. The van der Waals surface area contributed by atoms with Gasteiger partial charge >= 0.3 is 6.09 Å². The van der Waals surface area contributed by atoms with Crippen LogP contribution < -0.4 is 5.32 Å². The summed E-state index contributed by atoms with van der Waals surface area (Å²) in [7, 11) is 2.16. The fraction of sp³-hybridized carbons (Fsp3) is 0.279. The van der Waals surface area contributed by atoms with E-state index in [-0.39, 0.29) is 37.4 Å². The lowest BCUT2D eigenvalue weighted by Crippen LogP contribution is -2.44. The third kappa shape index (κ3) is 8.32. The van der Waals surface area contributed by atoms with Crippen LogP contribution in [0.5, 0.6) is 0 Å². The second-order valence-electron chi connectivity index (χ2n) is 13.1. The first kappa shape index (κ1) is 35.1. The molecular weight excluding hydrogens is 624 g/mol. The van der Waals surface area contributed by atoms with E-state index in [4.69, 9.17) is 14.2 Å². The number of nitrogens with zero attached hydrogens (tertiary/aromatic N) is 1. The van der Waals surface area contributed by atoms with Gasteiger partial charge in [-0.2, -0.15) is 0 Å². The van der Waals surface area contributed by atoms with Crippen LogP contribution in [0.4, 0.5) is 4.79 Å². The Kier molecular flexibility index (Phi) is 11.4. The summed E-state index contributed by atoms with van der Waals surface area (Å²) >= 11 is 0. The highest BCUT2D eigenvalue weighted by Gasteiger charge is 2.39. The van der Waals surface area contributed by atoms with Crippen molar-refractivity contribution in [2.75, 3.05) is 20.2 Å². The Hall–Kier alpha value is -4.79. The second-order valence-corrected chi connectivity index (χ2v) is 13.1. The highest BCUT2D eigenvalue weighted by molar-refractivity contribution is 5.83. The summed E-state index contributed by atoms with van der Waals surface area (Å²) in [5, 5.41) is 14.9. The Bertz CT molecular complexity index is 1890. The van der Waals surface area contributed by atoms with Crippen molar-refractivity contribution in [3.05, 3.63) is 156 Å². The summed E-state index contributed by atoms with van der Waals surface area (Å²) in [6, 6.07) is 39.7. The van der Waals surface area contributed by atoms with Gasteiger partial charge in [0.05, 0.1) is 18.8 Å². The maximum atomic E-state index is 11.9. The first-order valence-corrected chi connectivity index (χ1v) is 17.2. The number of alkyl carbamates (subject to hydrolysis) is 1. The van der Waals surface area contributed by atoms with E-state index >= 15 is 0 Å². The molecule has 5 aromatic carbocycles. The zero-order valence-electron chi connectivity index (χ0n) is 29.0. The molecule has 1 aliphatic rings. The predicted octanol–water partition coefficient (Wildman–Crippen LogP) is 8.90. The van der Waals surface area contributed by atoms with Gasteiger partial charge in [0.25, 0.3) is 0 Å². The average Bonchev–Trinajstić information content (AvgIpc) is 3.16. The third-order valence-corrected chi connectivity index (χ3v) is 9.72. The van der Waals surface area contributed by atoms with Crippen molar-refractivity contribution in [1.82, 2.24) is 10.2 Å². The molecule has 5 aromatic rings. The average molecular weight is 671 g/mol. The topological polar surface area (TPSA) is 80.3 Å². The highest BCUT2D eigenvalue weighted by atomic mass is 16.7. The molecule has 2 N–H and O–H groups in total. The number of carbonyl (C=O) groups is 1. The van der Waals surface area contributed by atoms with Gasteiger partial charge in [-0.3, -0.25) is 4.90 Å². The Morgan fingerprint density at radius 3 is 2.36 bits per heavy atom. The van der Waals surface area contributed by atoms with Crippen LogP contribution in [-0.4, -0.2) is 42.4 Å². The maximum absolute atomic E-state index is 11.9. The molecule has 5 unspecified atom stereocenters. The van der Waals surface area contributed by atoms with Gasteiger partial charge in [-0.15, -0.1) is 0 Å². The maximum Gasteiger partial charge on any atom is 0.407 e. The van der Waals surface area contributed by atoms with E-state index in [0.29, 0.717) is 6.54 Å². The zero-order valence-corrected chi connectivity index (χ0v) is 29.0. The largest absolute Gasteiger partial charge is 0.445 e. The number of hydrogen-bond acceptors (Lipinski definition) is 6. The summed E-state index contributed by atoms with van der Waals surface area (Å²) in [6.07, 6.45) is 0.200. The van der Waals surface area contributed by atoms with Crippen molar-refractivity contribution < 1.29 is 24.1 Å². The summed E-state index contributed by atoms with van der Waals surface area (Å²) in [5.74, 6) is 0.0714. The minimum absolute atomic E-state index is 0.00121. The van der Waals surface area contributed by atoms with E-state index in [1.807, 2.05) is 24.3 Å². The minimum atomic E-state index is -0.561. The minimum Gasteiger partial charge on any atom is -0.445 e. The van der Waals surface area contributed by atoms with Gasteiger partial charge in [0.1, 0.15) is 6.61 Å². The summed E-state index contributed by atoms with van der Waals surface area (Å²) < 4.78 is 18.5. The Balaban J connectivity index is 1.20. The molecule has 1 fully saturated rings. The molecule has 1 saturated heterocycles. The first-order valence-electron chi connectivity index (χ1n) is 17.2. The van der Waals surface area contributed by atoms with Gasteiger partial charge in [-0.1, -0.05) is 123 Å². The lowest BCUT2D eigenvalue weighted by Gasteiger charge is -2.43. The molecule has 7 nitrogen and oxygen atoms in total. The molecule has 0 aromatic heterocycles. The molecule has 258 valence electrons. The molecule has 0 bridgehead atoms. The van der Waals surface area contributed by atoms with Crippen LogP contribution in [0.3, 0.4) is 0 Å². The molecule has 5 atom stereocenters. The Morgan fingerprint density at radius 1 is 0.880 bits per heavy atom. The van der Waals surface area contributed by atoms with Crippen LogP contribution >= 0.6 is 0 Å². The molecule has 0 aliphatic carbocycles. The Morgan fingerprint density at radius 2 is 1.62 bits per heavy atom. The summed E-state index contributed by atoms with van der Waals surface area (Å²) in [5.41, 5.74) is 7.19. The van der Waals surface area contributed by atoms with Crippen LogP contribution in [0.15, 0.2) is 128 Å². The van der Waals surface area contributed by atoms with Crippen molar-refractivity contribution >= 4 is 16.9 Å². The number of fused-ring (bicyclic) bond motifs is 1. The normalized spacial score (nSPS) is 19.6. The van der Waals surface area contributed by atoms with Crippen LogP contribution in [0.25, 0.3) is 21.9 Å². The molecule has 6 rings (SSSR count). The number of nitrogens with one attached hydrogen (secondary N) is 1. The van der Waals surface area contributed by atoms with Crippen molar-refractivity contribution in [1.29, 1.82) is 0 Å². The number of benzene rings is 5. The summed E-state index contributed by atoms with van der Waals surface area (Å²) in [4.78, 5) is 14.3. The van der Waals surface area contributed by atoms with Crippen molar-refractivity contribution in [3.63, 3.8) is 0 Å². The van der Waals surface area contributed by atoms with Gasteiger partial charge in [0, 0.05) is 30.6 Å². The standard InChI is InChI=1S/C43H46N2O5/c1-5-23-48-43(47)44-26-32-9-8-12-38(24-32)34-17-20-36(21-18-34)42-49-40(29(2)41(50-42)35-15-13-31(28-46)14-16-35)27-45(4)30(3)37-22-19-33-10-6-7-11-39(33)25-37/h5-22,24-25,29-30,40-42,46H,1,23,26-28H2,2-4H3,(H,44,47). The molecule has 1 heterocycles. The van der Waals surface area contributed by atoms with Crippen LogP contribution in [0.2, 0.25) is 0 Å². The number of hydrogen-bond donors (Lipinski definition) is 2. The van der Waals surface area contributed by atoms with Crippen molar-refractivity contribution in [3.8, 4) is 11.1 Å². The molecule has 1 aliphatic heterocycles. The fourth-order valence-electron chi connectivity index (χ4n) is 6.55. The predicted molar refractivity (Wildman–Crippen MR) is 198 cm³/mol. The lowest BCUT2D eigenvalue weighted by atomic mass is 9.89. The molecule has 0 spiro atoms. The van der Waals surface area contributed by atoms with Crippen molar-refractivity contribution in [2.24, 2.45) is 5.92 Å². The molecule has 7 heteroatoms. The number of ether oxygens (including phenoxy) is 3. The van der Waals surface area contributed by atoms with E-state index in [1.54, 1.807) is 0 Å². The number of rotatable bonds is 12. The quantitative estimate of drug-likeness (QED) is 0.129. The van der Waals surface area contributed by atoms with Gasteiger partial charge in [0.15, 0.2) is 6.29 Å². The third-order valence-electron chi connectivity index (χ3n) is 9.72. The number of likely N-dealkylation sites (N-methyl/N-ethyl adjacent to an activating group) is 1. The number of aliphatic hydroxyl groups excluding tert-OH is 1. The SMILES string of the molecule is C=CCOC(=O)NCc1cccc(-c2ccc(C3OC(CN(C)C(C)c4ccc5ccccc5c4)C(C)C(c4ccc(CO)cc4)O3)cc2)c1. The number of amides is 1. The van der Waals surface area contributed by atoms with E-state index in [9.17, 15) is 9.90 Å². The molecule has 1 amide bonds. The highest BCUT2D eigenvalue weighted by Crippen LogP contribution is 2.42. The first-order chi connectivity index (χ1) is 24.3. The van der Waals surface area contributed by atoms with Gasteiger partial charge < -0.3 is 24.6 Å². The van der Waals surface area contributed by atoms with Crippen LogP contribution in [0.1, 0.15) is 60.1 Å². The number of aliphatic hydroxyl groups is 1. The van der Waals surface area contributed by atoms with Crippen molar-refractivity contribution in [2.45, 2.75) is 51.5 Å². The molecule has 0 radical (unpaired) electrons. The molecule has 0 saturated carbocycles. The lowest BCUT2D eigenvalue weighted by molar-refractivity contribution is -0.276. The van der Waals surface area contributed by atoms with Gasteiger partial charge in [0.2, 0.25) is 0 Å². The van der Waals surface area contributed by atoms with E-state index < -0.39 is 12.4 Å².